The van der Waals surface area contributed by atoms with E-state index in [1.807, 2.05) is 91.0 Å². The first-order chi connectivity index (χ1) is 57.1. The number of hydrogen-bond acceptors (Lipinski definition) is 8. The van der Waals surface area contributed by atoms with Gasteiger partial charge in [0.1, 0.15) is 11.5 Å². The number of benzene rings is 7. The lowest BCUT2D eigenvalue weighted by molar-refractivity contribution is 0.0334. The summed E-state index contributed by atoms with van der Waals surface area (Å²) in [6.45, 7) is 19.6. The molecule has 3 aromatic heterocycles. The summed E-state index contributed by atoms with van der Waals surface area (Å²) in [5.41, 5.74) is 29.1. The van der Waals surface area contributed by atoms with Gasteiger partial charge < -0.3 is 40.3 Å². The molecule has 6 aliphatic rings. The van der Waals surface area contributed by atoms with Gasteiger partial charge in [0, 0.05) is 101 Å². The molecule has 0 spiro atoms. The molecule has 1 fully saturated rings. The van der Waals surface area contributed by atoms with Crippen LogP contribution >= 0.6 is 0 Å². The second kappa shape index (κ2) is 33.7. The van der Waals surface area contributed by atoms with Gasteiger partial charge in [-0.05, 0) is 228 Å². The summed E-state index contributed by atoms with van der Waals surface area (Å²) < 4.78 is 12.4. The Hall–Kier alpha value is -13.0. The van der Waals surface area contributed by atoms with E-state index >= 15 is 0 Å². The normalized spacial score (nSPS) is 19.1. The fourth-order valence-corrected chi connectivity index (χ4v) is 18.2. The van der Waals surface area contributed by atoms with Crippen LogP contribution in [0.1, 0.15) is 157 Å². The zero-order valence-electron chi connectivity index (χ0n) is 68.8. The number of H-pyrrole nitrogens is 2. The van der Waals surface area contributed by atoms with Crippen molar-refractivity contribution in [2.75, 3.05) is 24.9 Å². The number of aliphatic hydroxyl groups excluding tert-OH is 2. The average molecular weight is 1550 g/mol. The Labute approximate surface area is 691 Å². The lowest BCUT2D eigenvalue weighted by Gasteiger charge is -2.40. The van der Waals surface area contributed by atoms with Gasteiger partial charge >= 0.3 is 0 Å². The van der Waals surface area contributed by atoms with E-state index < -0.39 is 12.2 Å². The summed E-state index contributed by atoms with van der Waals surface area (Å²) in [5, 5.41) is 30.4. The summed E-state index contributed by atoms with van der Waals surface area (Å²) in [4.78, 5) is 47.3. The number of carbonyl (C=O) groups excluding carboxylic acids is 2. The van der Waals surface area contributed by atoms with Crippen molar-refractivity contribution in [3.8, 4) is 56.0 Å². The third-order valence-corrected chi connectivity index (χ3v) is 24.2. The number of amides is 2. The zero-order chi connectivity index (χ0) is 82.0. The molecule has 10 aromatic rings. The summed E-state index contributed by atoms with van der Waals surface area (Å²) in [7, 11) is 3.32. The molecule has 6 unspecified atom stereocenters. The van der Waals surface area contributed by atoms with Crippen LogP contribution in [0.2, 0.25) is 0 Å². The number of nitrogens with one attached hydrogen (secondary N) is 4. The van der Waals surface area contributed by atoms with Gasteiger partial charge in [-0.25, -0.2) is 9.97 Å². The van der Waals surface area contributed by atoms with Crippen LogP contribution in [0, 0.1) is 31.1 Å². The van der Waals surface area contributed by atoms with Crippen LogP contribution in [0.5, 0.6) is 11.5 Å². The number of hydrogen-bond donors (Lipinski definition) is 6. The number of rotatable bonds is 20. The Morgan fingerprint density at radius 2 is 0.856 bits per heavy atom. The topological polar surface area (TPSA) is 174 Å². The Kier molecular flexibility index (Phi) is 22.5. The van der Waals surface area contributed by atoms with Crippen LogP contribution in [-0.4, -0.2) is 68.4 Å². The van der Waals surface area contributed by atoms with Gasteiger partial charge in [-0.2, -0.15) is 0 Å². The van der Waals surface area contributed by atoms with E-state index in [2.05, 4.69) is 265 Å². The maximum Gasteiger partial charge on any atom is 0.255 e. The van der Waals surface area contributed by atoms with E-state index in [4.69, 9.17) is 19.4 Å². The summed E-state index contributed by atoms with van der Waals surface area (Å²) >= 11 is 0. The Balaban J connectivity index is 0.651. The molecule has 0 radical (unpaired) electrons. The monoisotopic (exact) mass is 1550 g/mol. The van der Waals surface area contributed by atoms with Crippen LogP contribution < -0.4 is 20.1 Å². The standard InChI is InChI=1S/C106H100N6O6/c1-63(17-12-13-18-64(2)20-15-22-66(4)29-49-83-69(7)23-16-60-106(83,8)9)19-14-21-65(3)24-30-70-31-37-75(38-32-70)104(115)107-77-44-39-73(40-45-77)96-88-54-50-84(109-88)94(71-33-25-67(5)26-34-71)86-52-56-90(111-86)97(91-57-53-87(112-91)95(85-51-55-89(96)110-85)72-35-27-68(6)28-36-72)74-41-46-78(47-42-74)108-105(116)76-43-48-79-80(61-76)103(118-11)101-82-62-81(100(101)102(79)117-10)98-92(113)58-59-93(114)99(82)98/h12-15,17-22,24-59,61,81-82,92-93,98-99,109,112-114H,16,23,60,62H2,1-11H3,(H,107,115)(H,108,116)/b13-12+,19-14+,20-15+,30-24+,49-29+,63-17+,64-18+,65-21+,66-22+,94-84?,94-86?,95-85?,95-87?,96-88?,96-89?,97-90?,97-91?. The van der Waals surface area contributed by atoms with Gasteiger partial charge in [0.25, 0.3) is 11.8 Å². The van der Waals surface area contributed by atoms with Gasteiger partial charge in [-0.3, -0.25) is 9.59 Å². The van der Waals surface area contributed by atoms with Gasteiger partial charge in [0.05, 0.1) is 49.2 Å². The quantitative estimate of drug-likeness (QED) is 0.0323. The van der Waals surface area contributed by atoms with Crippen molar-refractivity contribution < 1.29 is 29.3 Å². The molecular formula is C106H100N6O6. The summed E-state index contributed by atoms with van der Waals surface area (Å²) in [6.07, 6.45) is 44.7. The highest BCUT2D eigenvalue weighted by molar-refractivity contribution is 6.09. The predicted octanol–water partition coefficient (Wildman–Crippen LogP) is 25.3. The SMILES string of the molecule is COc1c2c(c(OC)c3cc(C(=O)Nc4ccc(-c5c6nc(c(-c7ccc(C)cc7)c7ccc([nH]7)c(-c7ccc(NC(=O)c8ccc(/C=C/C(C)=C/C=C/C(C)=C/C=C/C=C(C)/C=C/C=C(C)/C=C/C9=C(C)CCCC9(C)C)cc8)cc7)c7nc(c(-c8ccc(C)cc8)c8ccc5[nH]8)C=C7)C=C6)cc4)ccc13)C1CC2C2C(O)C=CC(O)C12. The second-order valence-corrected chi connectivity index (χ2v) is 32.9. The van der Waals surface area contributed by atoms with Gasteiger partial charge in [-0.15, -0.1) is 0 Å². The zero-order valence-corrected chi connectivity index (χ0v) is 68.8. The van der Waals surface area contributed by atoms with Gasteiger partial charge in [0.15, 0.2) is 0 Å². The number of anilines is 2. The number of methoxy groups -OCH3 is 2. The highest BCUT2D eigenvalue weighted by Gasteiger charge is 2.58. The van der Waals surface area contributed by atoms with Crippen LogP contribution in [0.3, 0.4) is 0 Å². The van der Waals surface area contributed by atoms with Gasteiger partial charge in [-0.1, -0.05) is 235 Å². The molecule has 6 atom stereocenters. The number of allylic oxidation sites excluding steroid dienone is 19. The molecule has 2 amide bonds. The first kappa shape index (κ1) is 78.9. The number of carbonyl (C=O) groups is 2. The van der Waals surface area contributed by atoms with Crippen molar-refractivity contribution in [3.63, 3.8) is 0 Å². The Morgan fingerprint density at radius 1 is 0.466 bits per heavy atom. The first-order valence-corrected chi connectivity index (χ1v) is 40.9. The number of fused-ring (bicyclic) bond motifs is 17. The molecular weight excluding hydrogens is 1450 g/mol. The van der Waals surface area contributed by atoms with E-state index in [0.29, 0.717) is 34.0 Å². The minimum absolute atomic E-state index is 0.0133. The maximum atomic E-state index is 14.5. The summed E-state index contributed by atoms with van der Waals surface area (Å²) in [6, 6.07) is 54.6. The molecule has 12 nitrogen and oxygen atoms in total. The summed E-state index contributed by atoms with van der Waals surface area (Å²) in [5.74, 6) is 0.510. The van der Waals surface area contributed by atoms with E-state index in [9.17, 15) is 19.8 Å². The second-order valence-electron chi connectivity index (χ2n) is 32.9. The average Bonchev–Trinajstić information content (AvgIpc) is 1.52. The van der Waals surface area contributed by atoms with E-state index in [1.54, 1.807) is 26.4 Å². The highest BCUT2D eigenvalue weighted by Crippen LogP contribution is 2.67. The van der Waals surface area contributed by atoms with E-state index in [0.717, 1.165) is 146 Å². The lowest BCUT2D eigenvalue weighted by atomic mass is 9.67. The highest BCUT2D eigenvalue weighted by atomic mass is 16.5. The Morgan fingerprint density at radius 3 is 1.29 bits per heavy atom. The molecule has 12 heteroatoms. The molecule has 6 N–H and O–H groups in total. The number of aliphatic hydroxyl groups is 2. The van der Waals surface area contributed by atoms with Gasteiger partial charge in [0.2, 0.25) is 0 Å². The molecule has 118 heavy (non-hydrogen) atoms. The first-order valence-electron chi connectivity index (χ1n) is 40.9. The Bertz CT molecular complexity index is 6210. The number of aromatic amines is 2. The number of nitrogens with zero attached hydrogens (tertiary/aromatic N) is 2. The van der Waals surface area contributed by atoms with Crippen molar-refractivity contribution in [1.29, 1.82) is 0 Å². The largest absolute Gasteiger partial charge is 0.496 e. The van der Waals surface area contributed by atoms with Crippen LogP contribution in [0.25, 0.3) is 108 Å². The fraction of sp³-hybridized carbons (Fsp3) is 0.208. The molecule has 10 bridgehead atoms. The molecule has 5 heterocycles. The molecule has 7 aromatic carbocycles. The maximum absolute atomic E-state index is 14.5. The van der Waals surface area contributed by atoms with E-state index in [-0.39, 0.29) is 40.9 Å². The smallest absolute Gasteiger partial charge is 0.255 e. The molecule has 1 saturated carbocycles. The number of aromatic nitrogens is 4. The van der Waals surface area contributed by atoms with Crippen molar-refractivity contribution in [3.05, 3.63) is 350 Å². The van der Waals surface area contributed by atoms with Crippen LogP contribution in [0.15, 0.2) is 288 Å². The molecule has 4 aliphatic carbocycles. The van der Waals surface area contributed by atoms with Crippen LogP contribution in [0.4, 0.5) is 11.4 Å². The minimum Gasteiger partial charge on any atom is -0.496 e. The predicted molar refractivity (Wildman–Crippen MR) is 489 cm³/mol. The lowest BCUT2D eigenvalue weighted by Crippen LogP contribution is -2.40. The van der Waals surface area contributed by atoms with Crippen molar-refractivity contribution in [2.24, 2.45) is 17.3 Å². The van der Waals surface area contributed by atoms with Crippen molar-refractivity contribution in [2.45, 2.75) is 112 Å². The minimum atomic E-state index is -0.689. The van der Waals surface area contributed by atoms with E-state index in [1.165, 1.54) is 41.6 Å². The molecule has 590 valence electrons. The van der Waals surface area contributed by atoms with Crippen molar-refractivity contribution >= 4 is 86.4 Å². The number of aryl methyl sites for hydroxylation is 2. The molecule has 2 aliphatic heterocycles. The van der Waals surface area contributed by atoms with Crippen molar-refractivity contribution in [1.82, 2.24) is 19.9 Å². The van der Waals surface area contributed by atoms with Crippen LogP contribution in [-0.2, 0) is 0 Å². The molecule has 16 rings (SSSR count). The fourth-order valence-electron chi connectivity index (χ4n) is 18.2. The third-order valence-electron chi connectivity index (χ3n) is 24.2. The molecule has 0 saturated heterocycles. The number of ether oxygens (including phenoxy) is 2. The third kappa shape index (κ3) is 16.2.